The molecule has 0 aromatic heterocycles. The molecule has 1 aromatic rings. The van der Waals surface area contributed by atoms with Crippen molar-refractivity contribution >= 4 is 30.1 Å². The van der Waals surface area contributed by atoms with Gasteiger partial charge in [0.1, 0.15) is 0 Å². The van der Waals surface area contributed by atoms with Crippen molar-refractivity contribution in [3.8, 4) is 6.07 Å². The fraction of sp³-hybridized carbons (Fsp3) is 0.696. The standard InChI is InChI=1S/C23H35N2O2PS2/c1-18(2)25(19(3)4)28(26-17-11-16-24)27-22-21(20-12-7-5-8-13-20)29-30-23(22)14-9-6-10-15-23/h5,7-8,12-13,18-19,21-22H,6,9-11,14-15,17H2,1-4H3. The number of benzene rings is 1. The van der Waals surface area contributed by atoms with Crippen LogP contribution in [0.2, 0.25) is 0 Å². The minimum Gasteiger partial charge on any atom is -0.321 e. The van der Waals surface area contributed by atoms with Gasteiger partial charge in [-0.1, -0.05) is 71.2 Å². The molecule has 1 spiro atoms. The van der Waals surface area contributed by atoms with Crippen molar-refractivity contribution in [2.24, 2.45) is 0 Å². The first-order valence-corrected chi connectivity index (χ1v) is 14.5. The quantitative estimate of drug-likeness (QED) is 0.213. The Hall–Kier alpha value is -0.280. The van der Waals surface area contributed by atoms with Gasteiger partial charge in [0.25, 0.3) is 8.53 Å². The van der Waals surface area contributed by atoms with Gasteiger partial charge >= 0.3 is 0 Å². The second-order valence-corrected chi connectivity index (χ2v) is 12.9. The summed E-state index contributed by atoms with van der Waals surface area (Å²) in [5, 5.41) is 9.33. The lowest BCUT2D eigenvalue weighted by atomic mass is 9.82. The van der Waals surface area contributed by atoms with Gasteiger partial charge in [0.2, 0.25) is 0 Å². The molecule has 7 heteroatoms. The second-order valence-electron chi connectivity index (χ2n) is 8.71. The summed E-state index contributed by atoms with van der Waals surface area (Å²) in [7, 11) is 2.80. The Bertz CT molecular complexity index is 684. The average molecular weight is 467 g/mol. The molecule has 0 N–H and O–H groups in total. The summed E-state index contributed by atoms with van der Waals surface area (Å²) in [6.45, 7) is 9.24. The van der Waals surface area contributed by atoms with Crippen molar-refractivity contribution in [3.05, 3.63) is 35.9 Å². The maximum Gasteiger partial charge on any atom is 0.259 e. The highest BCUT2D eigenvalue weighted by atomic mass is 33.1. The lowest BCUT2D eigenvalue weighted by Crippen LogP contribution is -2.43. The van der Waals surface area contributed by atoms with Crippen molar-refractivity contribution in [3.63, 3.8) is 0 Å². The van der Waals surface area contributed by atoms with Crippen LogP contribution >= 0.6 is 30.1 Å². The van der Waals surface area contributed by atoms with Gasteiger partial charge in [-0.2, -0.15) is 5.26 Å². The lowest BCUT2D eigenvalue weighted by Gasteiger charge is -2.43. The third-order valence-electron chi connectivity index (χ3n) is 5.81. The first-order valence-electron chi connectivity index (χ1n) is 11.1. The van der Waals surface area contributed by atoms with E-state index in [1.807, 2.05) is 10.8 Å². The van der Waals surface area contributed by atoms with Crippen LogP contribution < -0.4 is 0 Å². The summed E-state index contributed by atoms with van der Waals surface area (Å²) in [6, 6.07) is 13.7. The van der Waals surface area contributed by atoms with Crippen molar-refractivity contribution in [2.45, 2.75) is 94.4 Å². The Morgan fingerprint density at radius 1 is 1.13 bits per heavy atom. The largest absolute Gasteiger partial charge is 0.321 e. The van der Waals surface area contributed by atoms with Gasteiger partial charge < -0.3 is 9.05 Å². The molecule has 1 aliphatic carbocycles. The van der Waals surface area contributed by atoms with Crippen LogP contribution in [-0.4, -0.2) is 34.2 Å². The number of rotatable bonds is 9. The number of nitriles is 1. The van der Waals surface area contributed by atoms with Crippen LogP contribution in [0.5, 0.6) is 0 Å². The molecule has 1 heterocycles. The highest BCUT2D eigenvalue weighted by molar-refractivity contribution is 8.77. The Morgan fingerprint density at radius 2 is 1.80 bits per heavy atom. The van der Waals surface area contributed by atoms with Crippen LogP contribution in [0.25, 0.3) is 0 Å². The van der Waals surface area contributed by atoms with Gasteiger partial charge in [0.05, 0.1) is 35.2 Å². The van der Waals surface area contributed by atoms with Gasteiger partial charge in [0.15, 0.2) is 0 Å². The molecule has 1 aromatic carbocycles. The summed E-state index contributed by atoms with van der Waals surface area (Å²) in [6.07, 6.45) is 6.82. The van der Waals surface area contributed by atoms with Crippen LogP contribution in [-0.2, 0) is 9.05 Å². The Balaban J connectivity index is 1.90. The molecule has 30 heavy (non-hydrogen) atoms. The summed E-state index contributed by atoms with van der Waals surface area (Å²) < 4.78 is 15.8. The van der Waals surface area contributed by atoms with Crippen LogP contribution in [0, 0.1) is 11.3 Å². The third kappa shape index (κ3) is 5.74. The predicted molar refractivity (Wildman–Crippen MR) is 130 cm³/mol. The molecule has 3 rings (SSSR count). The van der Waals surface area contributed by atoms with E-state index >= 15 is 0 Å². The van der Waals surface area contributed by atoms with Crippen molar-refractivity contribution in [1.82, 2.24) is 4.67 Å². The smallest absolute Gasteiger partial charge is 0.259 e. The molecule has 3 unspecified atom stereocenters. The summed E-state index contributed by atoms with van der Waals surface area (Å²) in [5.41, 5.74) is 1.34. The Morgan fingerprint density at radius 3 is 2.40 bits per heavy atom. The van der Waals surface area contributed by atoms with E-state index < -0.39 is 8.53 Å². The van der Waals surface area contributed by atoms with Crippen LogP contribution in [0.4, 0.5) is 0 Å². The highest BCUT2D eigenvalue weighted by Gasteiger charge is 2.53. The van der Waals surface area contributed by atoms with Gasteiger partial charge in [-0.25, -0.2) is 4.67 Å². The Labute approximate surface area is 191 Å². The van der Waals surface area contributed by atoms with Crippen molar-refractivity contribution in [1.29, 1.82) is 5.26 Å². The summed E-state index contributed by atoms with van der Waals surface area (Å²) >= 11 is 0. The molecule has 0 radical (unpaired) electrons. The van der Waals surface area contributed by atoms with Gasteiger partial charge in [-0.05, 0) is 46.1 Å². The van der Waals surface area contributed by atoms with Crippen LogP contribution in [0.3, 0.4) is 0 Å². The topological polar surface area (TPSA) is 45.5 Å². The average Bonchev–Trinajstić information content (AvgIpc) is 3.06. The molecule has 1 saturated heterocycles. The molecule has 0 bridgehead atoms. The van der Waals surface area contributed by atoms with E-state index in [9.17, 15) is 0 Å². The highest BCUT2D eigenvalue weighted by Crippen LogP contribution is 2.66. The van der Waals surface area contributed by atoms with Gasteiger partial charge in [0, 0.05) is 12.1 Å². The fourth-order valence-corrected chi connectivity index (χ4v) is 10.5. The van der Waals surface area contributed by atoms with Crippen molar-refractivity contribution in [2.75, 3.05) is 6.61 Å². The predicted octanol–water partition coefficient (Wildman–Crippen LogP) is 7.49. The van der Waals surface area contributed by atoms with Crippen LogP contribution in [0.15, 0.2) is 30.3 Å². The lowest BCUT2D eigenvalue weighted by molar-refractivity contribution is 0.0936. The maximum atomic E-state index is 9.03. The summed E-state index contributed by atoms with van der Waals surface area (Å²) in [5.74, 6) is 0. The van der Waals surface area contributed by atoms with Gasteiger partial charge in [-0.15, -0.1) is 0 Å². The molecule has 2 fully saturated rings. The first-order chi connectivity index (χ1) is 14.5. The SMILES string of the molecule is CC(C)N(C(C)C)P(OCCC#N)OC1C(c2ccccc2)SSC12CCCCC2. The molecular weight excluding hydrogens is 431 g/mol. The minimum absolute atomic E-state index is 0.114. The van der Waals surface area contributed by atoms with E-state index in [-0.39, 0.29) is 10.9 Å². The van der Waals surface area contributed by atoms with Crippen LogP contribution in [0.1, 0.15) is 77.0 Å². The van der Waals surface area contributed by atoms with E-state index in [2.05, 4.69) is 79.6 Å². The molecule has 166 valence electrons. The zero-order valence-corrected chi connectivity index (χ0v) is 21.1. The molecule has 4 nitrogen and oxygen atoms in total. The number of hydrogen-bond acceptors (Lipinski definition) is 6. The molecule has 1 aliphatic heterocycles. The molecule has 2 aliphatic rings. The molecular formula is C23H35N2O2PS2. The number of nitrogens with zero attached hydrogens (tertiary/aromatic N) is 2. The Kier molecular flexibility index (Phi) is 9.38. The van der Waals surface area contributed by atoms with E-state index in [0.29, 0.717) is 30.4 Å². The third-order valence-corrected chi connectivity index (χ3v) is 11.6. The minimum atomic E-state index is -1.24. The maximum absolute atomic E-state index is 9.03. The van der Waals surface area contributed by atoms with Crippen molar-refractivity contribution < 1.29 is 9.05 Å². The number of hydrogen-bond donors (Lipinski definition) is 0. The van der Waals surface area contributed by atoms with E-state index in [1.54, 1.807) is 0 Å². The zero-order valence-electron chi connectivity index (χ0n) is 18.6. The monoisotopic (exact) mass is 466 g/mol. The first kappa shape index (κ1) is 24.4. The fourth-order valence-electron chi connectivity index (χ4n) is 4.46. The van der Waals surface area contributed by atoms with E-state index in [4.69, 9.17) is 14.3 Å². The molecule has 1 saturated carbocycles. The van der Waals surface area contributed by atoms with E-state index in [0.717, 1.165) is 0 Å². The van der Waals surface area contributed by atoms with E-state index in [1.165, 1.54) is 37.7 Å². The summed E-state index contributed by atoms with van der Waals surface area (Å²) in [4.78, 5) is 0. The molecule has 3 atom stereocenters. The normalized spacial score (nSPS) is 24.6. The van der Waals surface area contributed by atoms with Gasteiger partial charge in [-0.3, -0.25) is 0 Å². The zero-order chi connectivity index (χ0) is 21.6. The molecule has 0 amide bonds. The second kappa shape index (κ2) is 11.5.